The molecule has 0 unspecified atom stereocenters. The van der Waals surface area contributed by atoms with Gasteiger partial charge in [0.2, 0.25) is 5.13 Å². The molecule has 0 saturated carbocycles. The van der Waals surface area contributed by atoms with E-state index in [0.717, 1.165) is 0 Å². The van der Waals surface area contributed by atoms with Crippen molar-refractivity contribution in [3.8, 4) is 5.75 Å². The summed E-state index contributed by atoms with van der Waals surface area (Å²) in [6.07, 6.45) is 0. The molecule has 8 heteroatoms. The standard InChI is InChI=1S/C9H8Cl2N4OS/c10-5-2-1-3-6(11)8(5)16-4-7-14-15-9(13-12)17-7/h1-3H,4,12H2,(H,13,15). The van der Waals surface area contributed by atoms with Crippen LogP contribution in [0.3, 0.4) is 0 Å². The van der Waals surface area contributed by atoms with E-state index in [9.17, 15) is 0 Å². The molecule has 2 rings (SSSR count). The SMILES string of the molecule is NNc1nnc(COc2c(Cl)cccc2Cl)s1. The van der Waals surface area contributed by atoms with Crippen molar-refractivity contribution in [1.82, 2.24) is 10.2 Å². The Balaban J connectivity index is 2.07. The van der Waals surface area contributed by atoms with Gasteiger partial charge in [0.25, 0.3) is 0 Å². The number of halogens is 2. The lowest BCUT2D eigenvalue weighted by Gasteiger charge is -2.07. The molecule has 1 aromatic carbocycles. The van der Waals surface area contributed by atoms with Gasteiger partial charge in [-0.25, -0.2) is 5.84 Å². The van der Waals surface area contributed by atoms with Crippen molar-refractivity contribution < 1.29 is 4.74 Å². The number of para-hydroxylation sites is 1. The van der Waals surface area contributed by atoms with Gasteiger partial charge in [-0.2, -0.15) is 0 Å². The molecule has 0 atom stereocenters. The molecule has 3 N–H and O–H groups in total. The number of anilines is 1. The minimum Gasteiger partial charge on any atom is -0.483 e. The van der Waals surface area contributed by atoms with Gasteiger partial charge in [0.15, 0.2) is 10.8 Å². The van der Waals surface area contributed by atoms with Crippen LogP contribution in [-0.2, 0) is 6.61 Å². The predicted octanol–water partition coefficient (Wildman–Crippen LogP) is 2.71. The number of aromatic nitrogens is 2. The van der Waals surface area contributed by atoms with Crippen LogP contribution in [0.5, 0.6) is 5.75 Å². The van der Waals surface area contributed by atoms with Gasteiger partial charge in [-0.05, 0) is 12.1 Å². The molecule has 0 amide bonds. The number of benzene rings is 1. The van der Waals surface area contributed by atoms with Gasteiger partial charge in [-0.1, -0.05) is 40.6 Å². The zero-order chi connectivity index (χ0) is 12.3. The largest absolute Gasteiger partial charge is 0.483 e. The Labute approximate surface area is 111 Å². The normalized spacial score (nSPS) is 10.3. The molecule has 0 bridgehead atoms. The lowest BCUT2D eigenvalue weighted by Crippen LogP contribution is -2.05. The van der Waals surface area contributed by atoms with Gasteiger partial charge in [0.1, 0.15) is 6.61 Å². The summed E-state index contributed by atoms with van der Waals surface area (Å²) in [4.78, 5) is 0. The first-order valence-corrected chi connectivity index (χ1v) is 6.13. The molecule has 0 aliphatic rings. The Morgan fingerprint density at radius 2 is 2.00 bits per heavy atom. The smallest absolute Gasteiger partial charge is 0.219 e. The molecule has 0 radical (unpaired) electrons. The monoisotopic (exact) mass is 290 g/mol. The van der Waals surface area contributed by atoms with Crippen molar-refractivity contribution in [2.45, 2.75) is 6.61 Å². The van der Waals surface area contributed by atoms with E-state index in [-0.39, 0.29) is 6.61 Å². The lowest BCUT2D eigenvalue weighted by molar-refractivity contribution is 0.305. The topological polar surface area (TPSA) is 73.1 Å². The molecular formula is C9H8Cl2N4OS. The minimum atomic E-state index is 0.239. The molecule has 0 fully saturated rings. The Morgan fingerprint density at radius 3 is 2.59 bits per heavy atom. The van der Waals surface area contributed by atoms with Gasteiger partial charge in [0.05, 0.1) is 10.0 Å². The van der Waals surface area contributed by atoms with E-state index in [2.05, 4.69) is 15.6 Å². The molecule has 90 valence electrons. The zero-order valence-corrected chi connectivity index (χ0v) is 10.8. The van der Waals surface area contributed by atoms with Crippen LogP contribution in [0.25, 0.3) is 0 Å². The Bertz CT molecular complexity index is 499. The van der Waals surface area contributed by atoms with E-state index in [1.54, 1.807) is 18.2 Å². The van der Waals surface area contributed by atoms with E-state index >= 15 is 0 Å². The van der Waals surface area contributed by atoms with Crippen LogP contribution in [0.15, 0.2) is 18.2 Å². The number of ether oxygens (including phenoxy) is 1. The lowest BCUT2D eigenvalue weighted by atomic mass is 10.3. The van der Waals surface area contributed by atoms with Crippen LogP contribution in [0.1, 0.15) is 5.01 Å². The molecule has 0 aliphatic carbocycles. The number of nitrogens with two attached hydrogens (primary N) is 1. The van der Waals surface area contributed by atoms with Crippen molar-refractivity contribution in [3.05, 3.63) is 33.3 Å². The van der Waals surface area contributed by atoms with Gasteiger partial charge in [0, 0.05) is 0 Å². The number of hydrogen-bond donors (Lipinski definition) is 2. The third-order valence-corrected chi connectivity index (χ3v) is 3.27. The second-order valence-corrected chi connectivity index (χ2v) is 4.86. The summed E-state index contributed by atoms with van der Waals surface area (Å²) in [5.41, 5.74) is 2.41. The number of nitrogens with one attached hydrogen (secondary N) is 1. The van der Waals surface area contributed by atoms with Crippen LogP contribution >= 0.6 is 34.5 Å². The average molecular weight is 291 g/mol. The quantitative estimate of drug-likeness (QED) is 0.669. The molecular weight excluding hydrogens is 283 g/mol. The number of hydrogen-bond acceptors (Lipinski definition) is 6. The summed E-state index contributed by atoms with van der Waals surface area (Å²) < 4.78 is 5.49. The van der Waals surface area contributed by atoms with E-state index in [0.29, 0.717) is 25.9 Å². The second kappa shape index (κ2) is 5.50. The van der Waals surface area contributed by atoms with Crippen molar-refractivity contribution in [1.29, 1.82) is 0 Å². The Morgan fingerprint density at radius 1 is 1.29 bits per heavy atom. The number of nitrogens with zero attached hydrogens (tertiary/aromatic N) is 2. The summed E-state index contributed by atoms with van der Waals surface area (Å²) in [6.45, 7) is 0.239. The first kappa shape index (κ1) is 12.4. The summed E-state index contributed by atoms with van der Waals surface area (Å²) in [7, 11) is 0. The van der Waals surface area contributed by atoms with E-state index in [1.807, 2.05) is 0 Å². The first-order chi connectivity index (χ1) is 8.20. The fourth-order valence-electron chi connectivity index (χ4n) is 1.12. The molecule has 0 saturated heterocycles. The second-order valence-electron chi connectivity index (χ2n) is 2.98. The van der Waals surface area contributed by atoms with Crippen LogP contribution in [0, 0.1) is 0 Å². The van der Waals surface area contributed by atoms with E-state index in [1.165, 1.54) is 11.3 Å². The molecule has 0 aliphatic heterocycles. The van der Waals surface area contributed by atoms with Gasteiger partial charge in [-0.15, -0.1) is 10.2 Å². The highest BCUT2D eigenvalue weighted by Crippen LogP contribution is 2.33. The molecule has 2 aromatic rings. The fourth-order valence-corrected chi connectivity index (χ4v) is 2.19. The number of rotatable bonds is 4. The van der Waals surface area contributed by atoms with Gasteiger partial charge < -0.3 is 4.74 Å². The van der Waals surface area contributed by atoms with Crippen LogP contribution < -0.4 is 16.0 Å². The van der Waals surface area contributed by atoms with E-state index < -0.39 is 0 Å². The number of hydrazine groups is 1. The van der Waals surface area contributed by atoms with Crippen molar-refractivity contribution in [2.75, 3.05) is 5.43 Å². The third-order valence-electron chi connectivity index (χ3n) is 1.85. The summed E-state index contributed by atoms with van der Waals surface area (Å²) in [5, 5.41) is 9.77. The maximum Gasteiger partial charge on any atom is 0.219 e. The predicted molar refractivity (Wildman–Crippen MR) is 68.5 cm³/mol. The molecule has 1 heterocycles. The van der Waals surface area contributed by atoms with E-state index in [4.69, 9.17) is 33.8 Å². The molecule has 17 heavy (non-hydrogen) atoms. The van der Waals surface area contributed by atoms with Crippen LogP contribution in [0.2, 0.25) is 10.0 Å². The maximum atomic E-state index is 5.95. The van der Waals surface area contributed by atoms with Crippen molar-refractivity contribution in [3.63, 3.8) is 0 Å². The highest BCUT2D eigenvalue weighted by atomic mass is 35.5. The molecule has 1 aromatic heterocycles. The Kier molecular flexibility index (Phi) is 4.01. The molecule has 5 nitrogen and oxygen atoms in total. The summed E-state index contributed by atoms with van der Waals surface area (Å²) in [6, 6.07) is 5.16. The highest BCUT2D eigenvalue weighted by Gasteiger charge is 2.09. The third kappa shape index (κ3) is 2.98. The zero-order valence-electron chi connectivity index (χ0n) is 8.48. The average Bonchev–Trinajstić information content (AvgIpc) is 2.76. The minimum absolute atomic E-state index is 0.239. The molecule has 0 spiro atoms. The van der Waals surface area contributed by atoms with Crippen LogP contribution in [0.4, 0.5) is 5.13 Å². The van der Waals surface area contributed by atoms with Gasteiger partial charge >= 0.3 is 0 Å². The first-order valence-electron chi connectivity index (χ1n) is 4.56. The van der Waals surface area contributed by atoms with Crippen LogP contribution in [-0.4, -0.2) is 10.2 Å². The summed E-state index contributed by atoms with van der Waals surface area (Å²) >= 11 is 13.2. The summed E-state index contributed by atoms with van der Waals surface area (Å²) in [5.74, 6) is 5.63. The van der Waals surface area contributed by atoms with Crippen molar-refractivity contribution in [2.24, 2.45) is 5.84 Å². The Hall–Kier alpha value is -1.08. The number of nitrogen functional groups attached to an aromatic ring is 1. The van der Waals surface area contributed by atoms with Gasteiger partial charge in [-0.3, -0.25) is 5.43 Å². The van der Waals surface area contributed by atoms with Crippen molar-refractivity contribution >= 4 is 39.7 Å². The highest BCUT2D eigenvalue weighted by molar-refractivity contribution is 7.15. The maximum absolute atomic E-state index is 5.95. The fraction of sp³-hybridized carbons (Fsp3) is 0.111.